The Morgan fingerprint density at radius 3 is 2.74 bits per heavy atom. The number of aliphatic imine (C=N–C) groups is 1. The van der Waals surface area contributed by atoms with Crippen LogP contribution < -0.4 is 0 Å². The quantitative estimate of drug-likeness (QED) is 0.834. The van der Waals surface area contributed by atoms with Crippen molar-refractivity contribution in [1.29, 1.82) is 5.26 Å². The Morgan fingerprint density at radius 2 is 2.16 bits per heavy atom. The summed E-state index contributed by atoms with van der Waals surface area (Å²) < 4.78 is 11.1. The first-order valence-electron chi connectivity index (χ1n) is 6.10. The summed E-state index contributed by atoms with van der Waals surface area (Å²) >= 11 is 5.88. The van der Waals surface area contributed by atoms with Crippen LogP contribution in [0.25, 0.3) is 0 Å². The summed E-state index contributed by atoms with van der Waals surface area (Å²) in [5.41, 5.74) is 1.07. The van der Waals surface area contributed by atoms with Crippen LogP contribution >= 0.6 is 11.6 Å². The molecule has 0 saturated carbocycles. The molecule has 1 fully saturated rings. The number of halogens is 1. The number of ether oxygens (including phenoxy) is 2. The maximum atomic E-state index is 9.53. The van der Waals surface area contributed by atoms with Gasteiger partial charge in [-0.05, 0) is 24.1 Å². The second-order valence-electron chi connectivity index (χ2n) is 4.82. The van der Waals surface area contributed by atoms with E-state index in [4.69, 9.17) is 21.1 Å². The van der Waals surface area contributed by atoms with Crippen molar-refractivity contribution in [3.8, 4) is 6.07 Å². The summed E-state index contributed by atoms with van der Waals surface area (Å²) in [7, 11) is 1.53. The third-order valence-electron chi connectivity index (χ3n) is 3.85. The van der Waals surface area contributed by atoms with E-state index in [1.54, 1.807) is 0 Å². The fourth-order valence-electron chi connectivity index (χ4n) is 2.78. The third-order valence-corrected chi connectivity index (χ3v) is 4.10. The monoisotopic (exact) mass is 276 g/mol. The lowest BCUT2D eigenvalue weighted by molar-refractivity contribution is -0.218. The second kappa shape index (κ2) is 4.31. The van der Waals surface area contributed by atoms with Gasteiger partial charge in [0.1, 0.15) is 5.41 Å². The van der Waals surface area contributed by atoms with Gasteiger partial charge in [-0.2, -0.15) is 5.26 Å². The fourth-order valence-corrected chi connectivity index (χ4v) is 2.90. The molecule has 2 unspecified atom stereocenters. The van der Waals surface area contributed by atoms with E-state index in [0.717, 1.165) is 11.3 Å². The normalized spacial score (nSPS) is 32.8. The van der Waals surface area contributed by atoms with Crippen LogP contribution in [0.4, 0.5) is 0 Å². The zero-order valence-electron chi connectivity index (χ0n) is 10.5. The number of methoxy groups -OCH3 is 1. The highest BCUT2D eigenvalue weighted by Crippen LogP contribution is 2.52. The van der Waals surface area contributed by atoms with Gasteiger partial charge in [-0.1, -0.05) is 23.7 Å². The smallest absolute Gasteiger partial charge is 0.289 e. The van der Waals surface area contributed by atoms with Crippen LogP contribution in [0.1, 0.15) is 18.4 Å². The van der Waals surface area contributed by atoms with Gasteiger partial charge in [-0.25, -0.2) is 4.99 Å². The van der Waals surface area contributed by atoms with Gasteiger partial charge in [0.25, 0.3) is 5.91 Å². The van der Waals surface area contributed by atoms with Crippen LogP contribution in [0.5, 0.6) is 0 Å². The molecule has 0 spiro atoms. The maximum Gasteiger partial charge on any atom is 0.289 e. The zero-order valence-corrected chi connectivity index (χ0v) is 11.3. The minimum atomic E-state index is -1.14. The molecule has 5 heteroatoms. The predicted octanol–water partition coefficient (Wildman–Crippen LogP) is 2.76. The highest BCUT2D eigenvalue weighted by atomic mass is 35.5. The van der Waals surface area contributed by atoms with Crippen molar-refractivity contribution in [1.82, 2.24) is 0 Å². The number of nitrogens with zero attached hydrogens (tertiary/aromatic N) is 2. The van der Waals surface area contributed by atoms with E-state index in [-0.39, 0.29) is 0 Å². The molecule has 0 amide bonds. The van der Waals surface area contributed by atoms with Crippen molar-refractivity contribution in [3.63, 3.8) is 0 Å². The summed E-state index contributed by atoms with van der Waals surface area (Å²) in [6.45, 7) is 0.499. The molecule has 19 heavy (non-hydrogen) atoms. The van der Waals surface area contributed by atoms with Crippen molar-refractivity contribution in [2.24, 2.45) is 10.4 Å². The molecule has 1 saturated heterocycles. The SMILES string of the molecule is COC12N=C(c3ccc(Cl)cc3)CC1(C#N)CCO2. The van der Waals surface area contributed by atoms with E-state index < -0.39 is 11.3 Å². The summed E-state index contributed by atoms with van der Waals surface area (Å²) in [5.74, 6) is -1.14. The van der Waals surface area contributed by atoms with Gasteiger partial charge < -0.3 is 9.47 Å². The van der Waals surface area contributed by atoms with Crippen LogP contribution in [-0.4, -0.2) is 25.3 Å². The maximum absolute atomic E-state index is 9.53. The van der Waals surface area contributed by atoms with Crippen LogP contribution in [0.15, 0.2) is 29.3 Å². The largest absolute Gasteiger partial charge is 0.334 e. The topological polar surface area (TPSA) is 54.6 Å². The fraction of sp³-hybridized carbons (Fsp3) is 0.429. The van der Waals surface area contributed by atoms with Gasteiger partial charge >= 0.3 is 0 Å². The Hall–Kier alpha value is -1.41. The van der Waals surface area contributed by atoms with Gasteiger partial charge in [0.15, 0.2) is 0 Å². The van der Waals surface area contributed by atoms with Gasteiger partial charge in [0, 0.05) is 24.3 Å². The van der Waals surface area contributed by atoms with E-state index in [0.29, 0.717) is 24.5 Å². The number of fused-ring (bicyclic) bond motifs is 1. The molecule has 1 aromatic rings. The van der Waals surface area contributed by atoms with Crippen molar-refractivity contribution >= 4 is 17.3 Å². The molecule has 2 heterocycles. The molecule has 0 bridgehead atoms. The number of benzene rings is 1. The molecule has 3 rings (SSSR count). The molecule has 2 aliphatic heterocycles. The lowest BCUT2D eigenvalue weighted by atomic mass is 9.81. The first-order valence-corrected chi connectivity index (χ1v) is 6.47. The average molecular weight is 277 g/mol. The van der Waals surface area contributed by atoms with Crippen LogP contribution in [0.2, 0.25) is 5.02 Å². The first-order chi connectivity index (χ1) is 9.15. The minimum Gasteiger partial charge on any atom is -0.334 e. The van der Waals surface area contributed by atoms with Gasteiger partial charge in [-0.15, -0.1) is 0 Å². The first kappa shape index (κ1) is 12.6. The lowest BCUT2D eigenvalue weighted by Crippen LogP contribution is -2.40. The second-order valence-corrected chi connectivity index (χ2v) is 5.26. The van der Waals surface area contributed by atoms with E-state index >= 15 is 0 Å². The summed E-state index contributed by atoms with van der Waals surface area (Å²) in [6, 6.07) is 9.78. The molecule has 1 aromatic carbocycles. The Labute approximate surface area is 116 Å². The zero-order chi connectivity index (χ0) is 13.5. The van der Waals surface area contributed by atoms with Gasteiger partial charge in [-0.3, -0.25) is 0 Å². The minimum absolute atomic E-state index is 0.499. The Bertz CT molecular complexity index is 578. The average Bonchev–Trinajstić information content (AvgIpc) is 2.92. The van der Waals surface area contributed by atoms with Crippen molar-refractivity contribution in [3.05, 3.63) is 34.9 Å². The Balaban J connectivity index is 2.03. The van der Waals surface area contributed by atoms with E-state index in [9.17, 15) is 5.26 Å². The summed E-state index contributed by atoms with van der Waals surface area (Å²) in [5, 5.41) is 10.2. The number of hydrogen-bond donors (Lipinski definition) is 0. The molecule has 98 valence electrons. The highest BCUT2D eigenvalue weighted by molar-refractivity contribution is 6.30. The van der Waals surface area contributed by atoms with Crippen molar-refractivity contribution < 1.29 is 9.47 Å². The molecule has 2 aliphatic rings. The third kappa shape index (κ3) is 1.70. The van der Waals surface area contributed by atoms with Crippen molar-refractivity contribution in [2.75, 3.05) is 13.7 Å². The number of nitriles is 1. The van der Waals surface area contributed by atoms with E-state index in [1.807, 2.05) is 24.3 Å². The number of hydrogen-bond acceptors (Lipinski definition) is 4. The van der Waals surface area contributed by atoms with Gasteiger partial charge in [0.05, 0.1) is 12.7 Å². The summed E-state index contributed by atoms with van der Waals surface area (Å²) in [6.07, 6.45) is 1.18. The predicted molar refractivity (Wildman–Crippen MR) is 71.0 cm³/mol. The molecule has 0 N–H and O–H groups in total. The molecule has 4 nitrogen and oxygen atoms in total. The molecular weight excluding hydrogens is 264 g/mol. The van der Waals surface area contributed by atoms with Crippen LogP contribution in [0, 0.1) is 16.7 Å². The molecular formula is C14H13ClN2O2. The summed E-state index contributed by atoms with van der Waals surface area (Å²) in [4.78, 5) is 4.55. The van der Waals surface area contributed by atoms with Crippen LogP contribution in [-0.2, 0) is 9.47 Å². The van der Waals surface area contributed by atoms with Crippen LogP contribution in [0.3, 0.4) is 0 Å². The lowest BCUT2D eigenvalue weighted by Gasteiger charge is -2.28. The molecule has 2 atom stereocenters. The standard InChI is InChI=1S/C14H13ClN2O2/c1-18-14-13(9-16,6-7-19-14)8-12(17-14)10-2-4-11(15)5-3-10/h2-5H,6-8H2,1H3. The highest BCUT2D eigenvalue weighted by Gasteiger charge is 2.62. The van der Waals surface area contributed by atoms with E-state index in [1.165, 1.54) is 7.11 Å². The van der Waals surface area contributed by atoms with Gasteiger partial charge in [0.2, 0.25) is 0 Å². The molecule has 0 aromatic heterocycles. The van der Waals surface area contributed by atoms with Crippen molar-refractivity contribution in [2.45, 2.75) is 18.8 Å². The van der Waals surface area contributed by atoms with E-state index in [2.05, 4.69) is 11.1 Å². The molecule has 0 aliphatic carbocycles. The Kier molecular flexibility index (Phi) is 2.86. The molecule has 0 radical (unpaired) electrons. The Morgan fingerprint density at radius 1 is 1.42 bits per heavy atom. The number of rotatable bonds is 2.